The fraction of sp³-hybridized carbons (Fsp3) is 0.440. The summed E-state index contributed by atoms with van der Waals surface area (Å²) in [6, 6.07) is 11.9. The molecular formula is C25H31N3O3. The number of piperidine rings is 1. The second-order valence-corrected chi connectivity index (χ2v) is 8.79. The Hall–Kier alpha value is -2.70. The topological polar surface area (TPSA) is 70.7 Å². The lowest BCUT2D eigenvalue weighted by molar-refractivity contribution is -0.0279. The molecule has 2 aromatic rings. The van der Waals surface area contributed by atoms with E-state index in [2.05, 4.69) is 54.5 Å². The number of likely N-dealkylation sites (tertiary alicyclic amines) is 1. The number of nitrogens with zero attached hydrogens (tertiary/aromatic N) is 1. The fourth-order valence-electron chi connectivity index (χ4n) is 4.44. The van der Waals surface area contributed by atoms with Gasteiger partial charge >= 0.3 is 0 Å². The number of aryl methyl sites for hydroxylation is 1. The quantitative estimate of drug-likeness (QED) is 0.664. The van der Waals surface area contributed by atoms with E-state index >= 15 is 0 Å². The zero-order chi connectivity index (χ0) is 22.0. The van der Waals surface area contributed by atoms with Gasteiger partial charge in [0, 0.05) is 31.9 Å². The van der Waals surface area contributed by atoms with Gasteiger partial charge in [0.2, 0.25) is 0 Å². The minimum absolute atomic E-state index is 0.298. The van der Waals surface area contributed by atoms with Crippen molar-refractivity contribution in [1.82, 2.24) is 10.2 Å². The molecule has 1 fully saturated rings. The highest BCUT2D eigenvalue weighted by Gasteiger charge is 2.29. The van der Waals surface area contributed by atoms with E-state index in [0.717, 1.165) is 38.0 Å². The Morgan fingerprint density at radius 3 is 2.61 bits per heavy atom. The van der Waals surface area contributed by atoms with Crippen LogP contribution in [0.25, 0.3) is 0 Å². The Balaban J connectivity index is 1.35. The van der Waals surface area contributed by atoms with E-state index in [1.807, 2.05) is 6.07 Å². The highest BCUT2D eigenvalue weighted by atomic mass is 16.5. The standard InChI is InChI=1S/C25H31N3O3/c1-16(2)31-20-9-11-28(12-10-20)15-19-8-7-18(13-17(19)3)14-26-22-6-4-5-21-23(22)25(30)27-24(21)29/h4-8,13,16,20,26H,9-12,14-15H2,1-3H3,(H,27,29,30). The van der Waals surface area contributed by atoms with Gasteiger partial charge in [0.25, 0.3) is 11.8 Å². The van der Waals surface area contributed by atoms with Crippen LogP contribution in [0.5, 0.6) is 0 Å². The number of benzene rings is 2. The Morgan fingerprint density at radius 1 is 1.13 bits per heavy atom. The van der Waals surface area contributed by atoms with Gasteiger partial charge in [0.15, 0.2) is 0 Å². The van der Waals surface area contributed by atoms with E-state index in [-0.39, 0.29) is 11.8 Å². The largest absolute Gasteiger partial charge is 0.380 e. The van der Waals surface area contributed by atoms with Crippen LogP contribution in [0.2, 0.25) is 0 Å². The average molecular weight is 422 g/mol. The van der Waals surface area contributed by atoms with Crippen LogP contribution in [0.1, 0.15) is 64.1 Å². The molecule has 6 nitrogen and oxygen atoms in total. The van der Waals surface area contributed by atoms with Gasteiger partial charge < -0.3 is 10.1 Å². The lowest BCUT2D eigenvalue weighted by Crippen LogP contribution is -2.37. The smallest absolute Gasteiger partial charge is 0.261 e. The molecule has 0 spiro atoms. The Bertz CT molecular complexity index is 978. The number of imide groups is 1. The molecule has 2 aromatic carbocycles. The van der Waals surface area contributed by atoms with Gasteiger partial charge in [-0.15, -0.1) is 0 Å². The summed E-state index contributed by atoms with van der Waals surface area (Å²) >= 11 is 0. The summed E-state index contributed by atoms with van der Waals surface area (Å²) in [7, 11) is 0. The minimum atomic E-state index is -0.336. The van der Waals surface area contributed by atoms with Gasteiger partial charge in [-0.2, -0.15) is 0 Å². The second kappa shape index (κ2) is 9.20. The summed E-state index contributed by atoms with van der Waals surface area (Å²) in [5, 5.41) is 5.68. The van der Waals surface area contributed by atoms with E-state index in [0.29, 0.717) is 35.6 Å². The third-order valence-corrected chi connectivity index (χ3v) is 6.05. The van der Waals surface area contributed by atoms with Gasteiger partial charge in [-0.1, -0.05) is 24.3 Å². The molecule has 0 saturated carbocycles. The van der Waals surface area contributed by atoms with E-state index in [4.69, 9.17) is 4.74 Å². The molecule has 31 heavy (non-hydrogen) atoms. The molecule has 0 aliphatic carbocycles. The molecule has 0 aromatic heterocycles. The summed E-state index contributed by atoms with van der Waals surface area (Å²) in [6.07, 6.45) is 2.88. The fourth-order valence-corrected chi connectivity index (χ4v) is 4.44. The third kappa shape index (κ3) is 4.97. The predicted molar refractivity (Wildman–Crippen MR) is 121 cm³/mol. The van der Waals surface area contributed by atoms with Crippen molar-refractivity contribution in [3.8, 4) is 0 Å². The van der Waals surface area contributed by atoms with Crippen LogP contribution in [0.3, 0.4) is 0 Å². The van der Waals surface area contributed by atoms with Crippen molar-refractivity contribution < 1.29 is 14.3 Å². The van der Waals surface area contributed by atoms with Gasteiger partial charge in [-0.05, 0) is 62.4 Å². The number of nitrogens with one attached hydrogen (secondary N) is 2. The summed E-state index contributed by atoms with van der Waals surface area (Å²) in [4.78, 5) is 26.4. The zero-order valence-corrected chi connectivity index (χ0v) is 18.5. The molecule has 2 amide bonds. The van der Waals surface area contributed by atoms with Crippen molar-refractivity contribution >= 4 is 17.5 Å². The summed E-state index contributed by atoms with van der Waals surface area (Å²) in [6.45, 7) is 10.1. The normalized spacial score (nSPS) is 17.2. The molecule has 2 aliphatic rings. The number of carbonyl (C=O) groups excluding carboxylic acids is 2. The maximum absolute atomic E-state index is 12.1. The maximum atomic E-state index is 12.1. The van der Waals surface area contributed by atoms with Crippen LogP contribution in [0.4, 0.5) is 5.69 Å². The maximum Gasteiger partial charge on any atom is 0.261 e. The monoisotopic (exact) mass is 421 g/mol. The Morgan fingerprint density at radius 2 is 1.90 bits per heavy atom. The summed E-state index contributed by atoms with van der Waals surface area (Å²) in [5.41, 5.74) is 5.32. The lowest BCUT2D eigenvalue weighted by Gasteiger charge is -2.33. The van der Waals surface area contributed by atoms with E-state index in [9.17, 15) is 9.59 Å². The molecule has 2 aliphatic heterocycles. The van der Waals surface area contributed by atoms with Crippen molar-refractivity contribution in [2.24, 2.45) is 0 Å². The molecule has 1 saturated heterocycles. The number of fused-ring (bicyclic) bond motifs is 1. The van der Waals surface area contributed by atoms with Crippen LogP contribution in [-0.2, 0) is 17.8 Å². The Kier molecular flexibility index (Phi) is 6.39. The minimum Gasteiger partial charge on any atom is -0.380 e. The number of amides is 2. The molecule has 164 valence electrons. The molecule has 2 heterocycles. The van der Waals surface area contributed by atoms with Gasteiger partial charge in [-0.3, -0.25) is 19.8 Å². The van der Waals surface area contributed by atoms with Gasteiger partial charge in [0.1, 0.15) is 0 Å². The third-order valence-electron chi connectivity index (χ3n) is 6.05. The Labute approximate surface area is 184 Å². The lowest BCUT2D eigenvalue weighted by atomic mass is 10.0. The predicted octanol–water partition coefficient (Wildman–Crippen LogP) is 3.88. The number of rotatable bonds is 7. The number of ether oxygens (including phenoxy) is 1. The highest BCUT2D eigenvalue weighted by Crippen LogP contribution is 2.25. The molecule has 0 unspecified atom stereocenters. The molecule has 0 atom stereocenters. The molecule has 0 radical (unpaired) electrons. The van der Waals surface area contributed by atoms with Crippen LogP contribution >= 0.6 is 0 Å². The van der Waals surface area contributed by atoms with Crippen molar-refractivity contribution in [2.45, 2.75) is 58.9 Å². The molecule has 6 heteroatoms. The van der Waals surface area contributed by atoms with Crippen molar-refractivity contribution in [2.75, 3.05) is 18.4 Å². The van der Waals surface area contributed by atoms with Crippen LogP contribution < -0.4 is 10.6 Å². The number of hydrogen-bond acceptors (Lipinski definition) is 5. The van der Waals surface area contributed by atoms with Crippen molar-refractivity contribution in [1.29, 1.82) is 0 Å². The van der Waals surface area contributed by atoms with Crippen LogP contribution in [0.15, 0.2) is 36.4 Å². The molecule has 0 bridgehead atoms. The molecule has 2 N–H and O–H groups in total. The number of carbonyl (C=O) groups is 2. The average Bonchev–Trinajstić information content (AvgIpc) is 3.03. The van der Waals surface area contributed by atoms with Gasteiger partial charge in [0.05, 0.1) is 23.3 Å². The first kappa shape index (κ1) is 21.5. The first-order valence-electron chi connectivity index (χ1n) is 11.1. The SMILES string of the molecule is Cc1cc(CNc2cccc3c2C(=O)NC3=O)ccc1CN1CCC(OC(C)C)CC1. The zero-order valence-electron chi connectivity index (χ0n) is 18.5. The highest BCUT2D eigenvalue weighted by molar-refractivity contribution is 6.23. The summed E-state index contributed by atoms with van der Waals surface area (Å²) < 4.78 is 5.96. The van der Waals surface area contributed by atoms with Crippen LogP contribution in [0, 0.1) is 6.92 Å². The van der Waals surface area contributed by atoms with E-state index in [1.165, 1.54) is 11.1 Å². The van der Waals surface area contributed by atoms with Crippen LogP contribution in [-0.4, -0.2) is 42.0 Å². The number of anilines is 1. The molecule has 4 rings (SSSR count). The molecular weight excluding hydrogens is 390 g/mol. The van der Waals surface area contributed by atoms with E-state index in [1.54, 1.807) is 12.1 Å². The van der Waals surface area contributed by atoms with Crippen molar-refractivity contribution in [3.63, 3.8) is 0 Å². The first-order chi connectivity index (χ1) is 14.9. The first-order valence-corrected chi connectivity index (χ1v) is 11.1. The number of hydrogen-bond donors (Lipinski definition) is 2. The second-order valence-electron chi connectivity index (χ2n) is 8.79. The van der Waals surface area contributed by atoms with E-state index < -0.39 is 0 Å². The summed E-state index contributed by atoms with van der Waals surface area (Å²) in [5.74, 6) is -0.666. The van der Waals surface area contributed by atoms with Crippen molar-refractivity contribution in [3.05, 3.63) is 64.2 Å². The van der Waals surface area contributed by atoms with Gasteiger partial charge in [-0.25, -0.2) is 0 Å².